The van der Waals surface area contributed by atoms with Crippen molar-refractivity contribution in [3.63, 3.8) is 0 Å². The molecule has 2 N–H and O–H groups in total. The number of hydrogen-bond acceptors (Lipinski definition) is 3. The van der Waals surface area contributed by atoms with Crippen molar-refractivity contribution >= 4 is 0 Å². The predicted molar refractivity (Wildman–Crippen MR) is 73.4 cm³/mol. The van der Waals surface area contributed by atoms with Crippen molar-refractivity contribution < 1.29 is 14.9 Å². The Hall–Kier alpha value is -0.120. The predicted octanol–water partition coefficient (Wildman–Crippen LogP) is 2.60. The fourth-order valence-corrected chi connectivity index (χ4v) is 2.86. The SMILES string of the molecule is CC(C)OCC(O)CC1CC(C(C)C)CCC1O. The van der Waals surface area contributed by atoms with Crippen LogP contribution in [0.15, 0.2) is 0 Å². The lowest BCUT2D eigenvalue weighted by Crippen LogP contribution is -2.34. The highest BCUT2D eigenvalue weighted by atomic mass is 16.5. The summed E-state index contributed by atoms with van der Waals surface area (Å²) in [6.07, 6.45) is 3.17. The van der Waals surface area contributed by atoms with E-state index in [0.717, 1.165) is 19.3 Å². The summed E-state index contributed by atoms with van der Waals surface area (Å²) in [5.74, 6) is 1.59. The minimum atomic E-state index is -0.446. The van der Waals surface area contributed by atoms with Crippen molar-refractivity contribution in [1.82, 2.24) is 0 Å². The molecule has 1 aliphatic rings. The summed E-state index contributed by atoms with van der Waals surface area (Å²) in [6, 6.07) is 0. The molecule has 18 heavy (non-hydrogen) atoms. The van der Waals surface area contributed by atoms with E-state index in [2.05, 4.69) is 13.8 Å². The Morgan fingerprint density at radius 3 is 2.39 bits per heavy atom. The largest absolute Gasteiger partial charge is 0.393 e. The van der Waals surface area contributed by atoms with E-state index in [1.165, 1.54) is 0 Å². The van der Waals surface area contributed by atoms with Gasteiger partial charge in [0.1, 0.15) is 0 Å². The van der Waals surface area contributed by atoms with E-state index >= 15 is 0 Å². The molecule has 0 aromatic heterocycles. The van der Waals surface area contributed by atoms with Crippen LogP contribution in [0.1, 0.15) is 53.4 Å². The molecule has 0 bridgehead atoms. The first kappa shape index (κ1) is 15.9. The molecule has 1 aliphatic carbocycles. The molecule has 1 fully saturated rings. The maximum atomic E-state index is 10.0. The summed E-state index contributed by atoms with van der Waals surface area (Å²) in [5.41, 5.74) is 0. The Morgan fingerprint density at radius 1 is 1.17 bits per heavy atom. The van der Waals surface area contributed by atoms with Crippen LogP contribution in [0.4, 0.5) is 0 Å². The van der Waals surface area contributed by atoms with E-state index in [9.17, 15) is 10.2 Å². The van der Waals surface area contributed by atoms with Crippen molar-refractivity contribution in [1.29, 1.82) is 0 Å². The van der Waals surface area contributed by atoms with Gasteiger partial charge in [0.2, 0.25) is 0 Å². The van der Waals surface area contributed by atoms with Crippen molar-refractivity contribution in [2.24, 2.45) is 17.8 Å². The minimum Gasteiger partial charge on any atom is -0.393 e. The number of rotatable bonds is 6. The van der Waals surface area contributed by atoms with Crippen molar-refractivity contribution in [2.75, 3.05) is 6.61 Å². The fraction of sp³-hybridized carbons (Fsp3) is 1.00. The molecule has 4 unspecified atom stereocenters. The van der Waals surface area contributed by atoms with E-state index in [-0.39, 0.29) is 18.1 Å². The molecule has 108 valence electrons. The Bertz CT molecular complexity index is 228. The molecule has 3 heteroatoms. The van der Waals surface area contributed by atoms with E-state index in [1.807, 2.05) is 13.8 Å². The Labute approximate surface area is 112 Å². The summed E-state index contributed by atoms with van der Waals surface area (Å²) < 4.78 is 5.42. The molecule has 0 aromatic rings. The number of aliphatic hydroxyl groups excluding tert-OH is 2. The summed E-state index contributed by atoms with van der Waals surface area (Å²) in [7, 11) is 0. The van der Waals surface area contributed by atoms with Gasteiger partial charge in [-0.2, -0.15) is 0 Å². The quantitative estimate of drug-likeness (QED) is 0.770. The zero-order valence-corrected chi connectivity index (χ0v) is 12.3. The van der Waals surface area contributed by atoms with E-state index in [4.69, 9.17) is 4.74 Å². The molecular weight excluding hydrogens is 228 g/mol. The van der Waals surface area contributed by atoms with Gasteiger partial charge in [0.25, 0.3) is 0 Å². The van der Waals surface area contributed by atoms with Crippen LogP contribution in [0.2, 0.25) is 0 Å². The molecule has 0 saturated heterocycles. The van der Waals surface area contributed by atoms with Crippen LogP contribution in [0, 0.1) is 17.8 Å². The highest BCUT2D eigenvalue weighted by Gasteiger charge is 2.31. The molecule has 0 amide bonds. The van der Waals surface area contributed by atoms with Gasteiger partial charge in [0.05, 0.1) is 24.9 Å². The average molecular weight is 258 g/mol. The smallest absolute Gasteiger partial charge is 0.0777 e. The van der Waals surface area contributed by atoms with Gasteiger partial charge in [-0.3, -0.25) is 0 Å². The van der Waals surface area contributed by atoms with Crippen LogP contribution in [0.3, 0.4) is 0 Å². The van der Waals surface area contributed by atoms with Gasteiger partial charge in [-0.05, 0) is 57.3 Å². The first-order chi connectivity index (χ1) is 8.40. The lowest BCUT2D eigenvalue weighted by atomic mass is 9.73. The third kappa shape index (κ3) is 5.25. The Kier molecular flexibility index (Phi) is 6.61. The van der Waals surface area contributed by atoms with Crippen molar-refractivity contribution in [3.8, 4) is 0 Å². The third-order valence-corrected chi connectivity index (χ3v) is 4.12. The summed E-state index contributed by atoms with van der Waals surface area (Å²) in [4.78, 5) is 0. The van der Waals surface area contributed by atoms with E-state index < -0.39 is 6.10 Å². The highest BCUT2D eigenvalue weighted by molar-refractivity contribution is 4.82. The molecule has 1 rings (SSSR count). The van der Waals surface area contributed by atoms with Crippen LogP contribution in [0.25, 0.3) is 0 Å². The standard InChI is InChI=1S/C15H30O3/c1-10(2)12-5-6-15(17)13(7-12)8-14(16)9-18-11(3)4/h10-17H,5-9H2,1-4H3. The minimum absolute atomic E-state index is 0.152. The monoisotopic (exact) mass is 258 g/mol. The van der Waals surface area contributed by atoms with Gasteiger partial charge in [-0.1, -0.05) is 13.8 Å². The topological polar surface area (TPSA) is 49.7 Å². The molecule has 0 heterocycles. The van der Waals surface area contributed by atoms with Crippen LogP contribution in [-0.2, 0) is 4.74 Å². The van der Waals surface area contributed by atoms with Crippen molar-refractivity contribution in [2.45, 2.75) is 71.7 Å². The first-order valence-electron chi connectivity index (χ1n) is 7.37. The molecular formula is C15H30O3. The molecule has 4 atom stereocenters. The average Bonchev–Trinajstić information content (AvgIpc) is 2.29. The summed E-state index contributed by atoms with van der Waals surface area (Å²) >= 11 is 0. The fourth-order valence-electron chi connectivity index (χ4n) is 2.86. The Morgan fingerprint density at radius 2 is 1.83 bits per heavy atom. The zero-order valence-electron chi connectivity index (χ0n) is 12.3. The molecule has 1 saturated carbocycles. The van der Waals surface area contributed by atoms with Gasteiger partial charge in [0.15, 0.2) is 0 Å². The van der Waals surface area contributed by atoms with Crippen LogP contribution < -0.4 is 0 Å². The Balaban J connectivity index is 2.38. The second-order valence-corrected chi connectivity index (χ2v) is 6.42. The number of ether oxygens (including phenoxy) is 1. The number of aliphatic hydroxyl groups is 2. The molecule has 3 nitrogen and oxygen atoms in total. The lowest BCUT2D eigenvalue weighted by molar-refractivity contribution is -0.0314. The molecule has 0 aromatic carbocycles. The molecule has 0 spiro atoms. The lowest BCUT2D eigenvalue weighted by Gasteiger charge is -2.36. The van der Waals surface area contributed by atoms with Crippen LogP contribution in [-0.4, -0.2) is 35.1 Å². The van der Waals surface area contributed by atoms with Gasteiger partial charge in [-0.15, -0.1) is 0 Å². The highest BCUT2D eigenvalue weighted by Crippen LogP contribution is 2.36. The van der Waals surface area contributed by atoms with E-state index in [0.29, 0.717) is 24.9 Å². The van der Waals surface area contributed by atoms with Gasteiger partial charge < -0.3 is 14.9 Å². The molecule has 0 aliphatic heterocycles. The van der Waals surface area contributed by atoms with Gasteiger partial charge in [0, 0.05) is 0 Å². The number of hydrogen-bond donors (Lipinski definition) is 2. The second kappa shape index (κ2) is 7.46. The van der Waals surface area contributed by atoms with Crippen LogP contribution >= 0.6 is 0 Å². The second-order valence-electron chi connectivity index (χ2n) is 6.42. The summed E-state index contributed by atoms with van der Waals surface area (Å²) in [6.45, 7) is 8.82. The maximum absolute atomic E-state index is 10.0. The van der Waals surface area contributed by atoms with Crippen molar-refractivity contribution in [3.05, 3.63) is 0 Å². The van der Waals surface area contributed by atoms with Gasteiger partial charge >= 0.3 is 0 Å². The maximum Gasteiger partial charge on any atom is 0.0777 e. The first-order valence-corrected chi connectivity index (χ1v) is 7.37. The van der Waals surface area contributed by atoms with Gasteiger partial charge in [-0.25, -0.2) is 0 Å². The normalized spacial score (nSPS) is 31.0. The summed E-state index contributed by atoms with van der Waals surface area (Å²) in [5, 5.41) is 20.0. The van der Waals surface area contributed by atoms with E-state index in [1.54, 1.807) is 0 Å². The third-order valence-electron chi connectivity index (χ3n) is 4.12. The zero-order chi connectivity index (χ0) is 13.7. The molecule has 0 radical (unpaired) electrons. The van der Waals surface area contributed by atoms with Crippen LogP contribution in [0.5, 0.6) is 0 Å².